The lowest BCUT2D eigenvalue weighted by Gasteiger charge is -2.10. The summed E-state index contributed by atoms with van der Waals surface area (Å²) >= 11 is 0. The molecule has 0 radical (unpaired) electrons. The molecule has 0 heterocycles. The van der Waals surface area contributed by atoms with Crippen molar-refractivity contribution in [2.45, 2.75) is 12.1 Å². The Labute approximate surface area is 83.7 Å². The number of carbonyl (C=O) groups is 1. The molecule has 15 heavy (non-hydrogen) atoms. The summed E-state index contributed by atoms with van der Waals surface area (Å²) in [5.41, 5.74) is -0.831. The number of hydrogen-bond acceptors (Lipinski definition) is 1. The second kappa shape index (κ2) is 4.42. The number of benzene rings is 1. The van der Waals surface area contributed by atoms with Gasteiger partial charge in [0, 0.05) is 0 Å². The maximum atomic E-state index is 12.3. The van der Waals surface area contributed by atoms with E-state index in [4.69, 9.17) is 0 Å². The van der Waals surface area contributed by atoms with Gasteiger partial charge in [-0.2, -0.15) is 13.2 Å². The minimum absolute atomic E-state index is 0.0438. The van der Waals surface area contributed by atoms with Crippen LogP contribution in [0.15, 0.2) is 24.3 Å². The number of hydrogen-bond donors (Lipinski definition) is 0. The molecule has 0 aliphatic carbocycles. The zero-order chi connectivity index (χ0) is 11.5. The van der Waals surface area contributed by atoms with Gasteiger partial charge in [-0.25, -0.2) is 4.39 Å². The van der Waals surface area contributed by atoms with Crippen LogP contribution in [0, 0.1) is 0 Å². The SMILES string of the molecule is O=CC(CF)c1cccc(C(F)(F)F)c1. The van der Waals surface area contributed by atoms with Crippen molar-refractivity contribution in [1.29, 1.82) is 0 Å². The molecule has 0 aliphatic heterocycles. The van der Waals surface area contributed by atoms with Crippen LogP contribution < -0.4 is 0 Å². The van der Waals surface area contributed by atoms with Crippen molar-refractivity contribution in [1.82, 2.24) is 0 Å². The fourth-order valence-corrected chi connectivity index (χ4v) is 1.15. The number of halogens is 4. The van der Waals surface area contributed by atoms with E-state index >= 15 is 0 Å². The smallest absolute Gasteiger partial charge is 0.303 e. The molecule has 1 aromatic rings. The third-order valence-electron chi connectivity index (χ3n) is 1.97. The summed E-state index contributed by atoms with van der Waals surface area (Å²) in [6.07, 6.45) is -4.17. The Morgan fingerprint density at radius 1 is 1.33 bits per heavy atom. The molecule has 0 spiro atoms. The molecule has 0 saturated carbocycles. The standard InChI is InChI=1S/C10H8F4O/c11-5-8(6-15)7-2-1-3-9(4-7)10(12,13)14/h1-4,6,8H,5H2. The van der Waals surface area contributed by atoms with Crippen LogP contribution in [-0.4, -0.2) is 13.0 Å². The molecule has 1 aromatic carbocycles. The van der Waals surface area contributed by atoms with Crippen molar-refractivity contribution in [2.24, 2.45) is 0 Å². The Balaban J connectivity index is 3.07. The minimum atomic E-state index is -4.47. The quantitative estimate of drug-likeness (QED) is 0.565. The van der Waals surface area contributed by atoms with Crippen LogP contribution in [0.4, 0.5) is 17.6 Å². The largest absolute Gasteiger partial charge is 0.416 e. The highest BCUT2D eigenvalue weighted by Gasteiger charge is 2.30. The highest BCUT2D eigenvalue weighted by Crippen LogP contribution is 2.30. The van der Waals surface area contributed by atoms with Gasteiger partial charge in [-0.3, -0.25) is 0 Å². The van der Waals surface area contributed by atoms with Gasteiger partial charge in [0.1, 0.15) is 13.0 Å². The summed E-state index contributed by atoms with van der Waals surface area (Å²) in [6, 6.07) is 4.13. The highest BCUT2D eigenvalue weighted by molar-refractivity contribution is 5.62. The van der Waals surface area contributed by atoms with Crippen LogP contribution in [0.1, 0.15) is 17.0 Å². The Hall–Kier alpha value is -1.39. The van der Waals surface area contributed by atoms with E-state index in [1.807, 2.05) is 0 Å². The number of alkyl halides is 4. The summed E-state index contributed by atoms with van der Waals surface area (Å²) in [6.45, 7) is -0.995. The van der Waals surface area contributed by atoms with Crippen LogP contribution in [-0.2, 0) is 11.0 Å². The van der Waals surface area contributed by atoms with Gasteiger partial charge >= 0.3 is 6.18 Å². The zero-order valence-corrected chi connectivity index (χ0v) is 7.59. The molecule has 0 aliphatic rings. The van der Waals surface area contributed by atoms with E-state index in [1.54, 1.807) is 0 Å². The molecule has 82 valence electrons. The van der Waals surface area contributed by atoms with Gasteiger partial charge < -0.3 is 4.79 Å². The topological polar surface area (TPSA) is 17.1 Å². The van der Waals surface area contributed by atoms with Crippen molar-refractivity contribution in [2.75, 3.05) is 6.67 Å². The molecule has 0 saturated heterocycles. The average molecular weight is 220 g/mol. The molecule has 1 nitrogen and oxygen atoms in total. The normalized spacial score (nSPS) is 13.6. The van der Waals surface area contributed by atoms with E-state index in [0.717, 1.165) is 18.2 Å². The predicted octanol–water partition coefficient (Wildman–Crippen LogP) is 2.96. The number of carbonyl (C=O) groups excluding carboxylic acids is 1. The van der Waals surface area contributed by atoms with Crippen molar-refractivity contribution in [3.8, 4) is 0 Å². The summed E-state index contributed by atoms with van der Waals surface area (Å²) in [7, 11) is 0. The molecular weight excluding hydrogens is 212 g/mol. The molecule has 0 bridgehead atoms. The lowest BCUT2D eigenvalue weighted by atomic mass is 10.00. The third-order valence-corrected chi connectivity index (χ3v) is 1.97. The summed E-state index contributed by atoms with van der Waals surface area (Å²) in [5.74, 6) is -1.12. The average Bonchev–Trinajstić information content (AvgIpc) is 2.19. The Morgan fingerprint density at radius 2 is 2.00 bits per heavy atom. The van der Waals surface area contributed by atoms with E-state index in [9.17, 15) is 22.4 Å². The molecule has 0 amide bonds. The first kappa shape index (κ1) is 11.7. The molecule has 5 heteroatoms. The lowest BCUT2D eigenvalue weighted by Crippen LogP contribution is -2.08. The van der Waals surface area contributed by atoms with Crippen LogP contribution >= 0.6 is 0 Å². The maximum absolute atomic E-state index is 12.3. The van der Waals surface area contributed by atoms with E-state index in [-0.39, 0.29) is 5.56 Å². The molecule has 1 atom stereocenters. The van der Waals surface area contributed by atoms with Crippen LogP contribution in [0.2, 0.25) is 0 Å². The van der Waals surface area contributed by atoms with Crippen LogP contribution in [0.25, 0.3) is 0 Å². The van der Waals surface area contributed by atoms with Gasteiger partial charge in [0.25, 0.3) is 0 Å². The Morgan fingerprint density at radius 3 is 2.47 bits per heavy atom. The van der Waals surface area contributed by atoms with Gasteiger partial charge in [-0.1, -0.05) is 18.2 Å². The third kappa shape index (κ3) is 2.78. The van der Waals surface area contributed by atoms with Crippen molar-refractivity contribution in [3.05, 3.63) is 35.4 Å². The van der Waals surface area contributed by atoms with E-state index < -0.39 is 24.3 Å². The van der Waals surface area contributed by atoms with Gasteiger partial charge in [0.2, 0.25) is 0 Å². The molecule has 0 aromatic heterocycles. The van der Waals surface area contributed by atoms with Crippen molar-refractivity contribution >= 4 is 6.29 Å². The molecule has 1 unspecified atom stereocenters. The minimum Gasteiger partial charge on any atom is -0.303 e. The van der Waals surface area contributed by atoms with Crippen LogP contribution in [0.5, 0.6) is 0 Å². The predicted molar refractivity (Wildman–Crippen MR) is 46.2 cm³/mol. The first-order valence-corrected chi connectivity index (χ1v) is 4.17. The fraction of sp³-hybridized carbons (Fsp3) is 0.300. The fourth-order valence-electron chi connectivity index (χ4n) is 1.15. The summed E-state index contributed by atoms with van der Waals surface area (Å²) in [4.78, 5) is 10.4. The first-order chi connectivity index (χ1) is 6.99. The van der Waals surface area contributed by atoms with E-state index in [0.29, 0.717) is 6.29 Å². The number of aldehydes is 1. The molecule has 0 fully saturated rings. The zero-order valence-electron chi connectivity index (χ0n) is 7.59. The Kier molecular flexibility index (Phi) is 3.44. The van der Waals surface area contributed by atoms with Crippen molar-refractivity contribution < 1.29 is 22.4 Å². The van der Waals surface area contributed by atoms with Gasteiger partial charge in [0.05, 0.1) is 11.5 Å². The summed E-state index contributed by atoms with van der Waals surface area (Å²) in [5, 5.41) is 0. The second-order valence-corrected chi connectivity index (χ2v) is 3.02. The van der Waals surface area contributed by atoms with Gasteiger partial charge in [-0.15, -0.1) is 0 Å². The molecule has 0 N–H and O–H groups in total. The lowest BCUT2D eigenvalue weighted by molar-refractivity contribution is -0.137. The van der Waals surface area contributed by atoms with Crippen LogP contribution in [0.3, 0.4) is 0 Å². The molecule has 1 rings (SSSR count). The van der Waals surface area contributed by atoms with E-state index in [1.165, 1.54) is 6.07 Å². The maximum Gasteiger partial charge on any atom is 0.416 e. The van der Waals surface area contributed by atoms with Gasteiger partial charge in [-0.05, 0) is 11.6 Å². The molecular formula is C10H8F4O. The first-order valence-electron chi connectivity index (χ1n) is 4.17. The highest BCUT2D eigenvalue weighted by atomic mass is 19.4. The Bertz CT molecular complexity index is 346. The summed E-state index contributed by atoms with van der Waals surface area (Å²) < 4.78 is 49.0. The van der Waals surface area contributed by atoms with Gasteiger partial charge in [0.15, 0.2) is 0 Å². The van der Waals surface area contributed by atoms with Crippen molar-refractivity contribution in [3.63, 3.8) is 0 Å². The monoisotopic (exact) mass is 220 g/mol. The number of rotatable bonds is 3. The second-order valence-electron chi connectivity index (χ2n) is 3.02. The van der Waals surface area contributed by atoms with E-state index in [2.05, 4.69) is 0 Å².